The van der Waals surface area contributed by atoms with Gasteiger partial charge < -0.3 is 5.73 Å². The maximum absolute atomic E-state index is 12.1. The Kier molecular flexibility index (Phi) is 3.59. The summed E-state index contributed by atoms with van der Waals surface area (Å²) in [6.45, 7) is 1.14. The van der Waals surface area contributed by atoms with Gasteiger partial charge in [0.05, 0.1) is 11.3 Å². The zero-order valence-corrected chi connectivity index (χ0v) is 7.87. The summed E-state index contributed by atoms with van der Waals surface area (Å²) >= 11 is 0. The molecular formula is C6H13F2NO2S. The predicted octanol–water partition coefficient (Wildman–Crippen LogP) is 0.404. The summed E-state index contributed by atoms with van der Waals surface area (Å²) in [6.07, 6.45) is -1.92. The highest BCUT2D eigenvalue weighted by atomic mass is 32.2. The van der Waals surface area contributed by atoms with Crippen LogP contribution < -0.4 is 5.73 Å². The molecule has 0 aliphatic heterocycles. The Bertz CT molecular complexity index is 236. The molecule has 3 nitrogen and oxygen atoms in total. The molecule has 0 radical (unpaired) electrons. The zero-order valence-electron chi connectivity index (χ0n) is 7.05. The fourth-order valence-corrected chi connectivity index (χ4v) is 1.33. The van der Waals surface area contributed by atoms with E-state index in [1.807, 2.05) is 0 Å². The van der Waals surface area contributed by atoms with Crippen molar-refractivity contribution in [3.8, 4) is 0 Å². The van der Waals surface area contributed by atoms with Gasteiger partial charge >= 0.3 is 0 Å². The van der Waals surface area contributed by atoms with Crippen molar-refractivity contribution in [2.24, 2.45) is 5.73 Å². The molecule has 0 rings (SSSR count). The molecule has 0 aromatic rings. The molecule has 0 bridgehead atoms. The number of halogens is 2. The van der Waals surface area contributed by atoms with Gasteiger partial charge in [-0.05, 0) is 13.3 Å². The van der Waals surface area contributed by atoms with E-state index in [4.69, 9.17) is 5.73 Å². The first kappa shape index (κ1) is 11.8. The van der Waals surface area contributed by atoms with Crippen LogP contribution in [0.2, 0.25) is 0 Å². The lowest BCUT2D eigenvalue weighted by Crippen LogP contribution is -2.45. The Hall–Kier alpha value is -0.230. The van der Waals surface area contributed by atoms with Crippen LogP contribution in [0.3, 0.4) is 0 Å². The summed E-state index contributed by atoms with van der Waals surface area (Å²) in [4.78, 5) is 0. The van der Waals surface area contributed by atoms with Gasteiger partial charge in [0, 0.05) is 6.26 Å². The maximum atomic E-state index is 12.1. The highest BCUT2D eigenvalue weighted by Crippen LogP contribution is 2.16. The Balaban J connectivity index is 4.10. The molecule has 0 aliphatic carbocycles. The quantitative estimate of drug-likeness (QED) is 0.716. The van der Waals surface area contributed by atoms with E-state index in [-0.39, 0.29) is 12.2 Å². The first-order chi connectivity index (χ1) is 5.15. The average molecular weight is 201 g/mol. The first-order valence-corrected chi connectivity index (χ1v) is 5.46. The Morgan fingerprint density at radius 2 is 1.92 bits per heavy atom. The molecule has 6 heteroatoms. The molecule has 0 heterocycles. The normalized spacial score (nSPS) is 17.8. The molecule has 0 aromatic carbocycles. The minimum atomic E-state index is -3.20. The second-order valence-electron chi connectivity index (χ2n) is 3.19. The Morgan fingerprint density at radius 3 is 2.17 bits per heavy atom. The third-order valence-corrected chi connectivity index (χ3v) is 2.46. The molecular weight excluding hydrogens is 188 g/mol. The van der Waals surface area contributed by atoms with Crippen LogP contribution in [0.25, 0.3) is 0 Å². The lowest BCUT2D eigenvalue weighted by molar-refractivity contribution is 0.0621. The summed E-state index contributed by atoms with van der Waals surface area (Å²) in [6, 6.07) is 0. The molecule has 0 saturated carbocycles. The topological polar surface area (TPSA) is 60.2 Å². The van der Waals surface area contributed by atoms with Crippen LogP contribution in [0, 0.1) is 0 Å². The van der Waals surface area contributed by atoms with Crippen molar-refractivity contribution in [3.05, 3.63) is 0 Å². The molecule has 0 aromatic heterocycles. The van der Waals surface area contributed by atoms with Gasteiger partial charge in [0.2, 0.25) is 0 Å². The highest BCUT2D eigenvalue weighted by Gasteiger charge is 2.30. The van der Waals surface area contributed by atoms with Crippen molar-refractivity contribution < 1.29 is 17.2 Å². The van der Waals surface area contributed by atoms with E-state index in [0.717, 1.165) is 13.2 Å². The van der Waals surface area contributed by atoms with Crippen molar-refractivity contribution >= 4 is 9.84 Å². The van der Waals surface area contributed by atoms with E-state index < -0.39 is 21.8 Å². The van der Waals surface area contributed by atoms with E-state index in [9.17, 15) is 17.2 Å². The molecule has 2 N–H and O–H groups in total. The van der Waals surface area contributed by atoms with E-state index in [1.165, 1.54) is 0 Å². The highest BCUT2D eigenvalue weighted by molar-refractivity contribution is 7.90. The van der Waals surface area contributed by atoms with Crippen LogP contribution in [-0.4, -0.2) is 32.4 Å². The van der Waals surface area contributed by atoms with Crippen LogP contribution in [-0.2, 0) is 9.84 Å². The predicted molar refractivity (Wildman–Crippen MR) is 42.9 cm³/mol. The smallest absolute Gasteiger partial charge is 0.256 e. The van der Waals surface area contributed by atoms with E-state index in [2.05, 4.69) is 0 Å². The second kappa shape index (κ2) is 3.66. The minimum absolute atomic E-state index is 0.219. The molecule has 0 saturated heterocycles. The number of rotatable bonds is 4. The third kappa shape index (κ3) is 4.61. The van der Waals surface area contributed by atoms with Crippen LogP contribution in [0.1, 0.15) is 13.3 Å². The van der Waals surface area contributed by atoms with Gasteiger partial charge in [0.25, 0.3) is 6.43 Å². The van der Waals surface area contributed by atoms with E-state index >= 15 is 0 Å². The van der Waals surface area contributed by atoms with Gasteiger partial charge in [-0.1, -0.05) is 0 Å². The SMILES string of the molecule is CC(N)(CCS(C)(=O)=O)C(F)F. The van der Waals surface area contributed by atoms with Crippen LogP contribution in [0.4, 0.5) is 8.78 Å². The molecule has 1 unspecified atom stereocenters. The summed E-state index contributed by atoms with van der Waals surface area (Å²) in [5.41, 5.74) is 3.45. The minimum Gasteiger partial charge on any atom is -0.321 e. The standard InChI is InChI=1S/C6H13F2NO2S/c1-6(9,5(7)8)3-4-12(2,10)11/h5H,3-4,9H2,1-2H3. The van der Waals surface area contributed by atoms with Crippen molar-refractivity contribution in [1.82, 2.24) is 0 Å². The van der Waals surface area contributed by atoms with Crippen LogP contribution in [0.5, 0.6) is 0 Å². The fourth-order valence-electron chi connectivity index (χ4n) is 0.514. The van der Waals surface area contributed by atoms with E-state index in [1.54, 1.807) is 0 Å². The van der Waals surface area contributed by atoms with Gasteiger partial charge in [0.1, 0.15) is 9.84 Å². The van der Waals surface area contributed by atoms with Gasteiger partial charge in [-0.3, -0.25) is 0 Å². The summed E-state index contributed by atoms with van der Waals surface area (Å²) < 4.78 is 45.3. The van der Waals surface area contributed by atoms with Gasteiger partial charge in [-0.2, -0.15) is 0 Å². The summed E-state index contributed by atoms with van der Waals surface area (Å²) in [7, 11) is -3.20. The van der Waals surface area contributed by atoms with E-state index in [0.29, 0.717) is 0 Å². The lowest BCUT2D eigenvalue weighted by atomic mass is 10.0. The molecule has 0 spiro atoms. The Morgan fingerprint density at radius 1 is 1.50 bits per heavy atom. The molecule has 0 fully saturated rings. The van der Waals surface area contributed by atoms with Crippen molar-refractivity contribution in [1.29, 1.82) is 0 Å². The van der Waals surface area contributed by atoms with Gasteiger partial charge in [-0.15, -0.1) is 0 Å². The maximum Gasteiger partial charge on any atom is 0.256 e. The first-order valence-electron chi connectivity index (χ1n) is 3.40. The zero-order chi connectivity index (χ0) is 9.99. The van der Waals surface area contributed by atoms with Crippen molar-refractivity contribution in [2.75, 3.05) is 12.0 Å². The molecule has 0 amide bonds. The average Bonchev–Trinajstić information content (AvgIpc) is 1.82. The lowest BCUT2D eigenvalue weighted by Gasteiger charge is -2.22. The van der Waals surface area contributed by atoms with Gasteiger partial charge in [-0.25, -0.2) is 17.2 Å². The third-order valence-electron chi connectivity index (χ3n) is 1.51. The number of sulfone groups is 1. The van der Waals surface area contributed by atoms with Crippen LogP contribution >= 0.6 is 0 Å². The summed E-state index contributed by atoms with van der Waals surface area (Å²) in [5, 5.41) is 0. The number of hydrogen-bond donors (Lipinski definition) is 1. The number of hydrogen-bond acceptors (Lipinski definition) is 3. The fraction of sp³-hybridized carbons (Fsp3) is 1.00. The van der Waals surface area contributed by atoms with Crippen LogP contribution in [0.15, 0.2) is 0 Å². The summed E-state index contributed by atoms with van der Waals surface area (Å²) in [5.74, 6) is -0.301. The van der Waals surface area contributed by atoms with Gasteiger partial charge in [0.15, 0.2) is 0 Å². The molecule has 1 atom stereocenters. The second-order valence-corrected chi connectivity index (χ2v) is 5.45. The van der Waals surface area contributed by atoms with Crippen molar-refractivity contribution in [3.63, 3.8) is 0 Å². The Labute approximate surface area is 70.9 Å². The number of alkyl halides is 2. The largest absolute Gasteiger partial charge is 0.321 e. The molecule has 12 heavy (non-hydrogen) atoms. The van der Waals surface area contributed by atoms with Crippen molar-refractivity contribution in [2.45, 2.75) is 25.3 Å². The molecule has 74 valence electrons. The molecule has 0 aliphatic rings. The monoisotopic (exact) mass is 201 g/mol. The number of nitrogens with two attached hydrogens (primary N) is 1.